The lowest BCUT2D eigenvalue weighted by Crippen LogP contribution is -2.57. The van der Waals surface area contributed by atoms with Crippen molar-refractivity contribution in [1.29, 1.82) is 5.26 Å². The monoisotopic (exact) mass is 544 g/mol. The molecule has 5 aromatic rings. The van der Waals surface area contributed by atoms with Crippen LogP contribution in [0.15, 0.2) is 126 Å². The lowest BCUT2D eigenvalue weighted by Gasteiger charge is -2.45. The predicted molar refractivity (Wildman–Crippen MR) is 158 cm³/mol. The second-order valence-corrected chi connectivity index (χ2v) is 11.7. The standard InChI is InChI=1S/C33H28N4O2S/c34-23-28-15-7-8-18-29(28)36-21-22-37(40(38,39)31-19-9-16-27-17-10-20-35-33(27)31)30(24-36)32(25-11-3-1-4-12-25)26-13-5-2-6-14-26/h1-20,30,32H,21-22,24H2. The highest BCUT2D eigenvalue weighted by Crippen LogP contribution is 2.38. The van der Waals surface area contributed by atoms with Crippen LogP contribution in [0.25, 0.3) is 10.9 Å². The first kappa shape index (κ1) is 25.8. The van der Waals surface area contributed by atoms with Crippen LogP contribution >= 0.6 is 0 Å². The van der Waals surface area contributed by atoms with E-state index in [1.54, 1.807) is 28.7 Å². The van der Waals surface area contributed by atoms with Gasteiger partial charge in [-0.25, -0.2) is 8.42 Å². The summed E-state index contributed by atoms with van der Waals surface area (Å²) in [6.07, 6.45) is 1.63. The molecular formula is C33H28N4O2S. The van der Waals surface area contributed by atoms with Crippen LogP contribution < -0.4 is 4.90 Å². The molecule has 198 valence electrons. The molecule has 2 heterocycles. The summed E-state index contributed by atoms with van der Waals surface area (Å²) < 4.78 is 30.8. The molecule has 1 aromatic heterocycles. The molecule has 0 bridgehead atoms. The Morgan fingerprint density at radius 3 is 2.12 bits per heavy atom. The van der Waals surface area contributed by atoms with Crippen molar-refractivity contribution in [3.05, 3.63) is 138 Å². The first-order chi connectivity index (χ1) is 19.6. The van der Waals surface area contributed by atoms with Gasteiger partial charge < -0.3 is 4.90 Å². The van der Waals surface area contributed by atoms with Gasteiger partial charge in [-0.15, -0.1) is 0 Å². The van der Waals surface area contributed by atoms with E-state index < -0.39 is 16.1 Å². The van der Waals surface area contributed by atoms with Crippen LogP contribution in [0.4, 0.5) is 5.69 Å². The topological polar surface area (TPSA) is 77.3 Å². The predicted octanol–water partition coefficient (Wildman–Crippen LogP) is 5.82. The molecule has 4 aromatic carbocycles. The summed E-state index contributed by atoms with van der Waals surface area (Å²) >= 11 is 0. The number of anilines is 1. The van der Waals surface area contributed by atoms with Gasteiger partial charge in [0, 0.05) is 37.1 Å². The molecule has 7 heteroatoms. The van der Waals surface area contributed by atoms with Crippen molar-refractivity contribution < 1.29 is 8.42 Å². The van der Waals surface area contributed by atoms with Gasteiger partial charge in [0.15, 0.2) is 0 Å². The average molecular weight is 545 g/mol. The molecule has 1 atom stereocenters. The lowest BCUT2D eigenvalue weighted by molar-refractivity contribution is 0.269. The molecule has 0 spiro atoms. The fourth-order valence-corrected chi connectivity index (χ4v) is 7.58. The van der Waals surface area contributed by atoms with Crippen LogP contribution in [-0.4, -0.2) is 43.4 Å². The Kier molecular flexibility index (Phi) is 7.04. The molecule has 1 unspecified atom stereocenters. The van der Waals surface area contributed by atoms with Crippen LogP contribution in [0.3, 0.4) is 0 Å². The number of benzene rings is 4. The van der Waals surface area contributed by atoms with Gasteiger partial charge in [0.25, 0.3) is 0 Å². The fourth-order valence-electron chi connectivity index (χ4n) is 5.79. The molecule has 0 saturated carbocycles. The molecule has 6 nitrogen and oxygen atoms in total. The van der Waals surface area contributed by atoms with E-state index in [-0.39, 0.29) is 17.4 Å². The molecule has 40 heavy (non-hydrogen) atoms. The Hall–Kier alpha value is -4.51. The van der Waals surface area contributed by atoms with E-state index in [2.05, 4.69) is 40.2 Å². The minimum absolute atomic E-state index is 0.210. The highest BCUT2D eigenvalue weighted by Gasteiger charge is 2.42. The lowest BCUT2D eigenvalue weighted by atomic mass is 9.84. The van der Waals surface area contributed by atoms with Crippen molar-refractivity contribution in [2.75, 3.05) is 24.5 Å². The molecule has 0 radical (unpaired) electrons. The van der Waals surface area contributed by atoms with E-state index in [0.29, 0.717) is 24.2 Å². The average Bonchev–Trinajstić information content (AvgIpc) is 3.02. The van der Waals surface area contributed by atoms with Crippen LogP contribution in [0.2, 0.25) is 0 Å². The fraction of sp³-hybridized carbons (Fsp3) is 0.152. The molecule has 0 N–H and O–H groups in total. The highest BCUT2D eigenvalue weighted by molar-refractivity contribution is 7.89. The van der Waals surface area contributed by atoms with Gasteiger partial charge in [0.05, 0.1) is 22.8 Å². The number of pyridine rings is 1. The molecule has 6 rings (SSSR count). The van der Waals surface area contributed by atoms with Crippen LogP contribution in [0.1, 0.15) is 22.6 Å². The second-order valence-electron chi connectivity index (χ2n) is 9.89. The van der Waals surface area contributed by atoms with Crippen molar-refractivity contribution in [2.45, 2.75) is 16.9 Å². The summed E-state index contributed by atoms with van der Waals surface area (Å²) in [7, 11) is -3.94. The molecule has 0 aliphatic carbocycles. The van der Waals surface area contributed by atoms with Crippen molar-refractivity contribution in [1.82, 2.24) is 9.29 Å². The van der Waals surface area contributed by atoms with Crippen LogP contribution in [0.5, 0.6) is 0 Å². The largest absolute Gasteiger partial charge is 0.367 e. The number of para-hydroxylation sites is 2. The number of piperazine rings is 1. The van der Waals surface area contributed by atoms with E-state index in [4.69, 9.17) is 0 Å². The molecular weight excluding hydrogens is 516 g/mol. The zero-order chi connectivity index (χ0) is 27.5. The minimum Gasteiger partial charge on any atom is -0.367 e. The summed E-state index contributed by atoms with van der Waals surface area (Å²) in [6, 6.07) is 38.5. The molecule has 1 aliphatic rings. The second kappa shape index (κ2) is 10.9. The SMILES string of the molecule is N#Cc1ccccc1N1CCN(S(=O)(=O)c2cccc3cccnc23)C(C(c2ccccc2)c2ccccc2)C1. The van der Waals surface area contributed by atoms with Gasteiger partial charge >= 0.3 is 0 Å². The van der Waals surface area contributed by atoms with Crippen molar-refractivity contribution in [2.24, 2.45) is 0 Å². The maximum atomic E-state index is 14.6. The third-order valence-corrected chi connectivity index (χ3v) is 9.57. The van der Waals surface area contributed by atoms with Crippen molar-refractivity contribution in [3.63, 3.8) is 0 Å². The summed E-state index contributed by atoms with van der Waals surface area (Å²) in [4.78, 5) is 6.82. The number of hydrogen-bond donors (Lipinski definition) is 0. The third-order valence-electron chi connectivity index (χ3n) is 7.62. The summed E-state index contributed by atoms with van der Waals surface area (Å²) in [5.41, 5.74) is 3.93. The molecule has 1 saturated heterocycles. The molecule has 1 aliphatic heterocycles. The number of nitriles is 1. The number of sulfonamides is 1. The number of nitrogens with zero attached hydrogens (tertiary/aromatic N) is 4. The van der Waals surface area contributed by atoms with E-state index in [9.17, 15) is 13.7 Å². The Bertz CT molecular complexity index is 1740. The van der Waals surface area contributed by atoms with Gasteiger partial charge in [-0.05, 0) is 35.4 Å². The number of hydrogen-bond acceptors (Lipinski definition) is 5. The van der Waals surface area contributed by atoms with E-state index in [1.807, 2.05) is 72.8 Å². The van der Waals surface area contributed by atoms with Crippen LogP contribution in [0, 0.1) is 11.3 Å². The Morgan fingerprint density at radius 1 is 0.775 bits per heavy atom. The Morgan fingerprint density at radius 2 is 1.43 bits per heavy atom. The smallest absolute Gasteiger partial charge is 0.245 e. The van der Waals surface area contributed by atoms with E-state index in [1.165, 1.54) is 0 Å². The van der Waals surface area contributed by atoms with Gasteiger partial charge in [0.2, 0.25) is 10.0 Å². The Balaban J connectivity index is 1.52. The number of rotatable bonds is 6. The zero-order valence-corrected chi connectivity index (χ0v) is 22.7. The van der Waals surface area contributed by atoms with Crippen LogP contribution in [-0.2, 0) is 10.0 Å². The van der Waals surface area contributed by atoms with Gasteiger partial charge in [0.1, 0.15) is 11.0 Å². The molecule has 1 fully saturated rings. The van der Waals surface area contributed by atoms with Crippen molar-refractivity contribution in [3.8, 4) is 6.07 Å². The first-order valence-electron chi connectivity index (χ1n) is 13.3. The zero-order valence-electron chi connectivity index (χ0n) is 21.8. The quantitative estimate of drug-likeness (QED) is 0.269. The van der Waals surface area contributed by atoms with E-state index in [0.717, 1.165) is 22.2 Å². The van der Waals surface area contributed by atoms with Gasteiger partial charge in [-0.2, -0.15) is 9.57 Å². The minimum atomic E-state index is -3.94. The number of fused-ring (bicyclic) bond motifs is 1. The highest BCUT2D eigenvalue weighted by atomic mass is 32.2. The Labute approximate surface area is 234 Å². The molecule has 0 amide bonds. The normalized spacial score (nSPS) is 16.2. The first-order valence-corrected chi connectivity index (χ1v) is 14.7. The van der Waals surface area contributed by atoms with Gasteiger partial charge in [-0.1, -0.05) is 91.0 Å². The summed E-state index contributed by atoms with van der Waals surface area (Å²) in [6.45, 7) is 1.15. The maximum absolute atomic E-state index is 14.6. The van der Waals surface area contributed by atoms with Crippen molar-refractivity contribution >= 4 is 26.6 Å². The summed E-state index contributed by atoms with van der Waals surface area (Å²) in [5.74, 6) is -0.239. The third kappa shape index (κ3) is 4.73. The van der Waals surface area contributed by atoms with E-state index >= 15 is 0 Å². The summed E-state index contributed by atoms with van der Waals surface area (Å²) in [5, 5.41) is 10.6. The van der Waals surface area contributed by atoms with Gasteiger partial charge in [-0.3, -0.25) is 4.98 Å². The number of aromatic nitrogens is 1. The maximum Gasteiger partial charge on any atom is 0.245 e.